The maximum absolute atomic E-state index is 14.4. The molecule has 4 atom stereocenters. The number of benzene rings is 4. The summed E-state index contributed by atoms with van der Waals surface area (Å²) in [6.45, 7) is 3.83. The fraction of sp³-hybridized carbons (Fsp3) is 0.368. The zero-order chi connectivity index (χ0) is 70.2. The number of hydrogen-bond acceptors (Lipinski definition) is 14. The molecule has 4 N–H and O–H groups in total. The number of esters is 2. The molecule has 16 nitrogen and oxygen atoms in total. The highest BCUT2D eigenvalue weighted by Crippen LogP contribution is 2.48. The minimum Gasteiger partial charge on any atom is -0.474 e. The summed E-state index contributed by atoms with van der Waals surface area (Å²) >= 11 is 0. The summed E-state index contributed by atoms with van der Waals surface area (Å²) in [6.07, 6.45) is 15.4. The highest BCUT2D eigenvalue weighted by atomic mass is 19.2. The van der Waals surface area contributed by atoms with Gasteiger partial charge in [0.05, 0.1) is 13.2 Å². The molecule has 16 rings (SSSR count). The topological polar surface area (TPSA) is 227 Å². The first kappa shape index (κ1) is 68.5. The lowest BCUT2D eigenvalue weighted by Crippen LogP contribution is -2.27. The Hall–Kier alpha value is -10.0. The summed E-state index contributed by atoms with van der Waals surface area (Å²) in [5.74, 6) is -4.42. The fourth-order valence-corrected chi connectivity index (χ4v) is 13.4. The average molecular weight is 1380 g/mol. The third kappa shape index (κ3) is 15.4. The molecule has 0 spiro atoms. The van der Waals surface area contributed by atoms with Crippen molar-refractivity contribution < 1.29 is 82.7 Å². The van der Waals surface area contributed by atoms with Gasteiger partial charge in [-0.25, -0.2) is 64.6 Å². The van der Waals surface area contributed by atoms with Gasteiger partial charge in [-0.3, -0.25) is 9.59 Å². The van der Waals surface area contributed by atoms with E-state index in [1.165, 1.54) is 72.8 Å². The van der Waals surface area contributed by atoms with Crippen molar-refractivity contribution in [3.8, 4) is 68.0 Å². The van der Waals surface area contributed by atoms with Crippen LogP contribution >= 0.6 is 0 Å². The van der Waals surface area contributed by atoms with Crippen LogP contribution in [0.2, 0.25) is 0 Å². The van der Waals surface area contributed by atoms with E-state index < -0.39 is 70.3 Å². The molecule has 0 unspecified atom stereocenters. The van der Waals surface area contributed by atoms with Crippen LogP contribution in [0.25, 0.3) is 44.5 Å². The monoisotopic (exact) mass is 1380 g/mol. The first-order valence-electron chi connectivity index (χ1n) is 33.8. The average Bonchev–Trinajstić information content (AvgIpc) is 1.23. The van der Waals surface area contributed by atoms with Gasteiger partial charge in [0, 0.05) is 68.8 Å². The van der Waals surface area contributed by atoms with Crippen molar-refractivity contribution in [2.45, 2.75) is 141 Å². The van der Waals surface area contributed by atoms with Crippen LogP contribution in [0.1, 0.15) is 155 Å². The molecule has 4 saturated carbocycles. The van der Waals surface area contributed by atoms with E-state index in [0.717, 1.165) is 124 Å². The Kier molecular flexibility index (Phi) is 19.9. The lowest BCUT2D eigenvalue weighted by atomic mass is 9.93. The molecule has 520 valence electrons. The molecule has 4 aromatic carbocycles. The minimum absolute atomic E-state index is 0.0175. The number of nitrogens with zero attached hydrogens (tertiary/aromatic N) is 4. The summed E-state index contributed by atoms with van der Waals surface area (Å²) in [5.41, 5.74) is 16.7. The third-order valence-corrected chi connectivity index (χ3v) is 19.1. The van der Waals surface area contributed by atoms with Crippen LogP contribution in [0, 0.1) is 70.2 Å². The minimum atomic E-state index is -0.710. The van der Waals surface area contributed by atoms with Gasteiger partial charge in [0.2, 0.25) is 23.5 Å². The molecular weight excluding hydrogens is 1310 g/mol. The molecule has 8 aliphatic rings. The Morgan fingerprint density at radius 1 is 0.350 bits per heavy atom. The standard InChI is InChI=1S/2C20H19F2NO3.2C18H16F2N2O2/c2*1-2-25-20(24)17-10-15(13-6-5-12(21)9-16(13)22)14-7-8-18(11-3-4-11)26-19(14)23-17;2*19-10-3-4-11(14(20)7-10)13-8-15(17(21)23)22-18-12(13)5-6-16(24-18)9-1-2-9/h2*5-6,9-11,18H,2-4,7-8H2,1H3;2*3-4,7-9,16H,1-2,5-6H2,(H2,21,23)/t2*18-;2*16-/m1010/s1. The Labute approximate surface area is 570 Å². The van der Waals surface area contributed by atoms with Gasteiger partial charge >= 0.3 is 11.9 Å². The second-order valence-electron chi connectivity index (χ2n) is 26.2. The molecule has 0 bridgehead atoms. The van der Waals surface area contributed by atoms with Gasteiger partial charge in [0.25, 0.3) is 11.8 Å². The van der Waals surface area contributed by atoms with Crippen LogP contribution in [-0.2, 0) is 35.2 Å². The number of amides is 2. The molecular formula is C76H70F8N6O10. The van der Waals surface area contributed by atoms with E-state index in [2.05, 4.69) is 19.9 Å². The smallest absolute Gasteiger partial charge is 0.357 e. The number of fused-ring (bicyclic) bond motifs is 4. The zero-order valence-electron chi connectivity index (χ0n) is 54.6. The fourth-order valence-electron chi connectivity index (χ4n) is 13.4. The molecule has 24 heteroatoms. The molecule has 8 aromatic rings. The lowest BCUT2D eigenvalue weighted by Gasteiger charge is -2.27. The molecule has 4 aliphatic heterocycles. The number of halogens is 8. The molecule has 0 saturated heterocycles. The molecule has 4 aromatic heterocycles. The number of nitrogens with two attached hydrogens (primary N) is 2. The Morgan fingerprint density at radius 2 is 0.580 bits per heavy atom. The Balaban J connectivity index is 0.000000120. The Bertz CT molecular complexity index is 4240. The highest BCUT2D eigenvalue weighted by Gasteiger charge is 2.41. The first-order chi connectivity index (χ1) is 48.2. The molecule has 4 fully saturated rings. The van der Waals surface area contributed by atoms with Crippen molar-refractivity contribution in [1.29, 1.82) is 0 Å². The largest absolute Gasteiger partial charge is 0.474 e. The van der Waals surface area contributed by atoms with E-state index in [1.807, 2.05) is 0 Å². The number of aromatic nitrogens is 4. The second-order valence-corrected chi connectivity index (χ2v) is 26.2. The van der Waals surface area contributed by atoms with E-state index in [4.69, 9.17) is 39.9 Å². The number of carbonyl (C=O) groups excluding carboxylic acids is 4. The van der Waals surface area contributed by atoms with Crippen molar-refractivity contribution in [1.82, 2.24) is 19.9 Å². The molecule has 0 radical (unpaired) electrons. The quantitative estimate of drug-likeness (QED) is 0.0763. The van der Waals surface area contributed by atoms with Crippen molar-refractivity contribution in [2.24, 2.45) is 35.1 Å². The van der Waals surface area contributed by atoms with E-state index >= 15 is 0 Å². The van der Waals surface area contributed by atoms with Gasteiger partial charge in [-0.2, -0.15) is 0 Å². The van der Waals surface area contributed by atoms with Gasteiger partial charge in [-0.1, -0.05) is 0 Å². The van der Waals surface area contributed by atoms with Gasteiger partial charge < -0.3 is 39.9 Å². The summed E-state index contributed by atoms with van der Waals surface area (Å²) in [7, 11) is 0. The summed E-state index contributed by atoms with van der Waals surface area (Å²) in [5, 5.41) is 0. The first-order valence-corrected chi connectivity index (χ1v) is 33.8. The van der Waals surface area contributed by atoms with Crippen LogP contribution in [0.3, 0.4) is 0 Å². The summed E-state index contributed by atoms with van der Waals surface area (Å²) in [4.78, 5) is 64.6. The zero-order valence-corrected chi connectivity index (χ0v) is 54.6. The predicted molar refractivity (Wildman–Crippen MR) is 349 cm³/mol. The number of hydrogen-bond donors (Lipinski definition) is 2. The van der Waals surface area contributed by atoms with Crippen molar-refractivity contribution in [3.05, 3.63) is 189 Å². The normalized spacial score (nSPS) is 19.1. The number of ether oxygens (including phenoxy) is 6. The molecule has 4 aliphatic carbocycles. The van der Waals surface area contributed by atoms with Crippen LogP contribution in [0.15, 0.2) is 97.1 Å². The number of rotatable bonds is 14. The predicted octanol–water partition coefficient (Wildman–Crippen LogP) is 15.1. The molecule has 2 amide bonds. The molecule has 8 heterocycles. The van der Waals surface area contributed by atoms with Crippen LogP contribution < -0.4 is 30.4 Å². The van der Waals surface area contributed by atoms with Crippen molar-refractivity contribution >= 4 is 23.8 Å². The van der Waals surface area contributed by atoms with E-state index in [0.29, 0.717) is 95.1 Å². The van der Waals surface area contributed by atoms with Crippen molar-refractivity contribution in [3.63, 3.8) is 0 Å². The van der Waals surface area contributed by atoms with Crippen LogP contribution in [0.5, 0.6) is 23.5 Å². The highest BCUT2D eigenvalue weighted by molar-refractivity contribution is 5.94. The van der Waals surface area contributed by atoms with E-state index in [9.17, 15) is 54.3 Å². The van der Waals surface area contributed by atoms with E-state index in [-0.39, 0.29) is 82.7 Å². The number of primary amides is 2. The number of carbonyl (C=O) groups is 4. The Morgan fingerprint density at radius 3 is 0.790 bits per heavy atom. The summed E-state index contributed by atoms with van der Waals surface area (Å²) in [6, 6.07) is 19.5. The van der Waals surface area contributed by atoms with Gasteiger partial charge in [-0.05, 0) is 235 Å². The second kappa shape index (κ2) is 29.1. The maximum atomic E-state index is 14.4. The third-order valence-electron chi connectivity index (χ3n) is 19.1. The lowest BCUT2D eigenvalue weighted by molar-refractivity contribution is 0.0507. The van der Waals surface area contributed by atoms with E-state index in [1.54, 1.807) is 13.8 Å². The summed E-state index contributed by atoms with van der Waals surface area (Å²) < 4.78 is 144. The van der Waals surface area contributed by atoms with Gasteiger partial charge in [0.15, 0.2) is 11.4 Å². The molecule has 100 heavy (non-hydrogen) atoms. The van der Waals surface area contributed by atoms with Crippen LogP contribution in [-0.4, -0.2) is 81.3 Å². The number of pyridine rings is 4. The van der Waals surface area contributed by atoms with Crippen LogP contribution in [0.4, 0.5) is 35.1 Å². The van der Waals surface area contributed by atoms with Gasteiger partial charge in [0.1, 0.15) is 82.3 Å². The van der Waals surface area contributed by atoms with Crippen molar-refractivity contribution in [2.75, 3.05) is 13.2 Å². The maximum Gasteiger partial charge on any atom is 0.357 e. The SMILES string of the molecule is CCOC(=O)c1cc(-c2ccc(F)cc2F)c2c(n1)O[C@@H](C1CC1)CC2.CCOC(=O)c1cc(-c2ccc(F)cc2F)c2c(n1)O[C@H](C1CC1)CC2.NC(=O)c1cc(-c2ccc(F)cc2F)c2c(n1)O[C@@H](C1CC1)CC2.NC(=O)c1cc(-c2ccc(F)cc2F)c2c(n1)O[C@H](C1CC1)CC2. The van der Waals surface area contributed by atoms with Gasteiger partial charge in [-0.15, -0.1) is 0 Å².